The molecule has 8 heteroatoms. The summed E-state index contributed by atoms with van der Waals surface area (Å²) in [5, 5.41) is 13.0. The molecule has 2 aromatic rings. The number of halogens is 2. The van der Waals surface area contributed by atoms with Gasteiger partial charge in [-0.3, -0.25) is 0 Å². The summed E-state index contributed by atoms with van der Waals surface area (Å²) >= 11 is 0. The lowest BCUT2D eigenvalue weighted by Gasteiger charge is -2.09. The van der Waals surface area contributed by atoms with Crippen molar-refractivity contribution >= 4 is 11.6 Å². The summed E-state index contributed by atoms with van der Waals surface area (Å²) in [6.45, 7) is 0.422. The topological polar surface area (TPSA) is 67.7 Å². The standard InChI is InChI=1S/C11H14F2N6/c1-14-10-7(12)5-8(13)11(17-10)15-4-3-9-18-16-6-19(9)2/h5-6H,3-4H2,1-2H3,(H2,14,15,17). The van der Waals surface area contributed by atoms with Gasteiger partial charge in [0, 0.05) is 33.1 Å². The fourth-order valence-corrected chi connectivity index (χ4v) is 1.59. The van der Waals surface area contributed by atoms with Crippen molar-refractivity contribution < 1.29 is 8.78 Å². The SMILES string of the molecule is CNc1nc(NCCc2nncn2C)c(F)cc1F. The fourth-order valence-electron chi connectivity index (χ4n) is 1.59. The van der Waals surface area contributed by atoms with E-state index in [1.54, 1.807) is 10.9 Å². The van der Waals surface area contributed by atoms with E-state index in [2.05, 4.69) is 25.8 Å². The Hall–Kier alpha value is -2.25. The average molecular weight is 268 g/mol. The predicted octanol–water partition coefficient (Wildman–Crippen LogP) is 1.18. The Labute approximate surface area is 108 Å². The van der Waals surface area contributed by atoms with E-state index in [0.717, 1.165) is 11.9 Å². The molecule has 2 rings (SSSR count). The van der Waals surface area contributed by atoms with E-state index in [-0.39, 0.29) is 11.6 Å². The summed E-state index contributed by atoms with van der Waals surface area (Å²) in [6.07, 6.45) is 2.15. The third-order valence-electron chi connectivity index (χ3n) is 2.61. The Morgan fingerprint density at radius 3 is 2.63 bits per heavy atom. The normalized spacial score (nSPS) is 10.5. The minimum atomic E-state index is -0.727. The molecule has 2 heterocycles. The number of aromatic nitrogens is 4. The van der Waals surface area contributed by atoms with E-state index >= 15 is 0 Å². The number of pyridine rings is 1. The Morgan fingerprint density at radius 2 is 2.00 bits per heavy atom. The van der Waals surface area contributed by atoms with Crippen LogP contribution < -0.4 is 10.6 Å². The maximum atomic E-state index is 13.5. The summed E-state index contributed by atoms with van der Waals surface area (Å²) in [5.41, 5.74) is 0. The van der Waals surface area contributed by atoms with Crippen molar-refractivity contribution in [3.05, 3.63) is 29.9 Å². The van der Waals surface area contributed by atoms with Crippen molar-refractivity contribution in [2.24, 2.45) is 7.05 Å². The van der Waals surface area contributed by atoms with Crippen LogP contribution in [0.4, 0.5) is 20.4 Å². The molecule has 6 nitrogen and oxygen atoms in total. The first-order valence-electron chi connectivity index (χ1n) is 5.72. The van der Waals surface area contributed by atoms with Gasteiger partial charge >= 0.3 is 0 Å². The minimum Gasteiger partial charge on any atom is -0.371 e. The van der Waals surface area contributed by atoms with Crippen LogP contribution in [0.1, 0.15) is 5.82 Å². The molecule has 0 atom stereocenters. The van der Waals surface area contributed by atoms with Crippen LogP contribution in [0.5, 0.6) is 0 Å². The molecule has 0 saturated carbocycles. The molecule has 2 aromatic heterocycles. The zero-order valence-corrected chi connectivity index (χ0v) is 10.6. The first-order valence-corrected chi connectivity index (χ1v) is 5.72. The number of nitrogens with zero attached hydrogens (tertiary/aromatic N) is 4. The molecular formula is C11H14F2N6. The molecule has 0 fully saturated rings. The highest BCUT2D eigenvalue weighted by atomic mass is 19.1. The van der Waals surface area contributed by atoms with Gasteiger partial charge in [0.1, 0.15) is 12.2 Å². The zero-order chi connectivity index (χ0) is 13.8. The van der Waals surface area contributed by atoms with E-state index in [1.165, 1.54) is 7.05 Å². The summed E-state index contributed by atoms with van der Waals surface area (Å²) in [7, 11) is 3.35. The summed E-state index contributed by atoms with van der Waals surface area (Å²) in [5.74, 6) is -0.673. The highest BCUT2D eigenvalue weighted by Crippen LogP contribution is 2.18. The Balaban J connectivity index is 2.01. The molecule has 0 aliphatic rings. The average Bonchev–Trinajstić information content (AvgIpc) is 2.78. The van der Waals surface area contributed by atoms with Gasteiger partial charge < -0.3 is 15.2 Å². The molecule has 0 spiro atoms. The van der Waals surface area contributed by atoms with Crippen molar-refractivity contribution in [1.29, 1.82) is 0 Å². The van der Waals surface area contributed by atoms with Crippen molar-refractivity contribution in [1.82, 2.24) is 19.7 Å². The van der Waals surface area contributed by atoms with Crippen molar-refractivity contribution in [3.8, 4) is 0 Å². The van der Waals surface area contributed by atoms with Gasteiger partial charge in [0.15, 0.2) is 23.3 Å². The van der Waals surface area contributed by atoms with E-state index < -0.39 is 11.6 Å². The van der Waals surface area contributed by atoms with Crippen molar-refractivity contribution in [3.63, 3.8) is 0 Å². The van der Waals surface area contributed by atoms with Gasteiger partial charge in [0.25, 0.3) is 0 Å². The first-order chi connectivity index (χ1) is 9.11. The molecule has 102 valence electrons. The number of aryl methyl sites for hydroxylation is 1. The van der Waals surface area contributed by atoms with Gasteiger partial charge in [0.05, 0.1) is 0 Å². The van der Waals surface area contributed by atoms with Crippen LogP contribution in [0.3, 0.4) is 0 Å². The second kappa shape index (κ2) is 5.59. The maximum absolute atomic E-state index is 13.5. The van der Waals surface area contributed by atoms with Gasteiger partial charge in [-0.2, -0.15) is 0 Å². The largest absolute Gasteiger partial charge is 0.371 e. The zero-order valence-electron chi connectivity index (χ0n) is 10.6. The molecule has 2 N–H and O–H groups in total. The molecule has 19 heavy (non-hydrogen) atoms. The number of hydrogen-bond acceptors (Lipinski definition) is 5. The molecule has 0 amide bonds. The first kappa shape index (κ1) is 13.2. The Kier molecular flexibility index (Phi) is 3.88. The van der Waals surface area contributed by atoms with Crippen LogP contribution in [0.2, 0.25) is 0 Å². The fraction of sp³-hybridized carbons (Fsp3) is 0.364. The molecule has 0 radical (unpaired) electrons. The maximum Gasteiger partial charge on any atom is 0.168 e. The quantitative estimate of drug-likeness (QED) is 0.852. The molecule has 0 saturated heterocycles. The lowest BCUT2D eigenvalue weighted by molar-refractivity contribution is 0.578. The van der Waals surface area contributed by atoms with Gasteiger partial charge in [-0.05, 0) is 0 Å². The molecular weight excluding hydrogens is 254 g/mol. The summed E-state index contributed by atoms with van der Waals surface area (Å²) in [6, 6.07) is 0.795. The smallest absolute Gasteiger partial charge is 0.168 e. The van der Waals surface area contributed by atoms with Crippen molar-refractivity contribution in [2.75, 3.05) is 24.2 Å². The summed E-state index contributed by atoms with van der Waals surface area (Å²) < 4.78 is 28.5. The second-order valence-electron chi connectivity index (χ2n) is 3.93. The molecule has 0 aromatic carbocycles. The van der Waals surface area contributed by atoms with Crippen LogP contribution in [0.25, 0.3) is 0 Å². The number of hydrogen-bond donors (Lipinski definition) is 2. The van der Waals surface area contributed by atoms with Gasteiger partial charge in [-0.1, -0.05) is 0 Å². The van der Waals surface area contributed by atoms with Gasteiger partial charge in [0.2, 0.25) is 0 Å². The van der Waals surface area contributed by atoms with Gasteiger partial charge in [-0.15, -0.1) is 10.2 Å². The third-order valence-corrected chi connectivity index (χ3v) is 2.61. The lowest BCUT2D eigenvalue weighted by atomic mass is 10.3. The minimum absolute atomic E-state index is 0.00237. The Bertz CT molecular complexity index is 568. The van der Waals surface area contributed by atoms with E-state index in [4.69, 9.17) is 0 Å². The second-order valence-corrected chi connectivity index (χ2v) is 3.93. The monoisotopic (exact) mass is 268 g/mol. The molecule has 0 bridgehead atoms. The third kappa shape index (κ3) is 2.95. The van der Waals surface area contributed by atoms with Crippen LogP contribution in [-0.2, 0) is 13.5 Å². The van der Waals surface area contributed by atoms with E-state index in [0.29, 0.717) is 13.0 Å². The van der Waals surface area contributed by atoms with E-state index in [1.807, 2.05) is 7.05 Å². The molecule has 0 aliphatic heterocycles. The number of nitrogens with one attached hydrogen (secondary N) is 2. The number of anilines is 2. The van der Waals surface area contributed by atoms with Crippen LogP contribution in [0, 0.1) is 11.6 Å². The van der Waals surface area contributed by atoms with Gasteiger partial charge in [-0.25, -0.2) is 13.8 Å². The highest BCUT2D eigenvalue weighted by Gasteiger charge is 2.10. The predicted molar refractivity (Wildman–Crippen MR) is 66.9 cm³/mol. The molecule has 0 aliphatic carbocycles. The lowest BCUT2D eigenvalue weighted by Crippen LogP contribution is -2.12. The van der Waals surface area contributed by atoms with Crippen LogP contribution in [0.15, 0.2) is 12.4 Å². The van der Waals surface area contributed by atoms with Crippen LogP contribution in [-0.4, -0.2) is 33.3 Å². The van der Waals surface area contributed by atoms with Crippen molar-refractivity contribution in [2.45, 2.75) is 6.42 Å². The Morgan fingerprint density at radius 1 is 1.26 bits per heavy atom. The van der Waals surface area contributed by atoms with Crippen LogP contribution >= 0.6 is 0 Å². The number of rotatable bonds is 5. The summed E-state index contributed by atoms with van der Waals surface area (Å²) in [4.78, 5) is 3.82. The molecule has 0 unspecified atom stereocenters. The highest BCUT2D eigenvalue weighted by molar-refractivity contribution is 5.47. The van der Waals surface area contributed by atoms with E-state index in [9.17, 15) is 8.78 Å².